The maximum Gasteiger partial charge on any atom is 0.433 e. The molecule has 186 valence electrons. The molecule has 3 heterocycles. The van der Waals surface area contributed by atoms with E-state index >= 15 is 0 Å². The van der Waals surface area contributed by atoms with Gasteiger partial charge in [0.1, 0.15) is 11.4 Å². The predicted molar refractivity (Wildman–Crippen MR) is 117 cm³/mol. The van der Waals surface area contributed by atoms with Crippen LogP contribution in [0.3, 0.4) is 0 Å². The number of pyridine rings is 1. The lowest BCUT2D eigenvalue weighted by Gasteiger charge is -2.15. The fourth-order valence-electron chi connectivity index (χ4n) is 3.91. The molecular weight excluding hydrogens is 485 g/mol. The minimum Gasteiger partial charge on any atom is -0.351 e. The van der Waals surface area contributed by atoms with E-state index in [9.17, 15) is 22.0 Å². The second-order valence-electron chi connectivity index (χ2n) is 8.71. The molecule has 2 saturated carbocycles. The third-order valence-electron chi connectivity index (χ3n) is 5.95. The molecule has 2 aliphatic rings. The fourth-order valence-corrected chi connectivity index (χ4v) is 3.91. The molecule has 0 amide bonds. The van der Waals surface area contributed by atoms with Crippen LogP contribution in [-0.2, 0) is 11.7 Å². The van der Waals surface area contributed by atoms with Crippen molar-refractivity contribution in [3.8, 4) is 11.6 Å². The molecule has 0 unspecified atom stereocenters. The van der Waals surface area contributed by atoms with E-state index in [1.807, 2.05) is 0 Å². The predicted octanol–water partition coefficient (Wildman–Crippen LogP) is 4.99. The summed E-state index contributed by atoms with van der Waals surface area (Å²) in [7, 11) is 0. The largest absolute Gasteiger partial charge is 0.433 e. The Morgan fingerprint density at radius 2 is 1.69 bits per heavy atom. The van der Waals surface area contributed by atoms with E-state index in [-0.39, 0.29) is 30.6 Å². The molecule has 0 aliphatic heterocycles. The van der Waals surface area contributed by atoms with Crippen LogP contribution in [0.2, 0.25) is 0 Å². The number of hydrogen-bond acceptors (Lipinski definition) is 8. The van der Waals surface area contributed by atoms with Gasteiger partial charge in [0.25, 0.3) is 5.54 Å². The van der Waals surface area contributed by atoms with E-state index in [0.717, 1.165) is 6.20 Å². The van der Waals surface area contributed by atoms with Gasteiger partial charge in [-0.15, -0.1) is 0 Å². The number of nitrogens with zero attached hydrogens (tertiary/aromatic N) is 7. The van der Waals surface area contributed by atoms with Crippen LogP contribution in [0.1, 0.15) is 43.5 Å². The van der Waals surface area contributed by atoms with E-state index in [1.165, 1.54) is 6.20 Å². The first-order chi connectivity index (χ1) is 17.1. The first kappa shape index (κ1) is 23.7. The Hall–Kier alpha value is -4.02. The summed E-state index contributed by atoms with van der Waals surface area (Å²) in [4.78, 5) is 27.8. The molecule has 3 aromatic rings. The molecule has 36 heavy (non-hydrogen) atoms. The molecule has 3 aromatic heterocycles. The molecule has 0 saturated heterocycles. The highest BCUT2D eigenvalue weighted by molar-refractivity contribution is 5.58. The minimum absolute atomic E-state index is 0.0712. The van der Waals surface area contributed by atoms with Gasteiger partial charge in [-0.2, -0.15) is 28.1 Å². The molecular formula is C22H18F5N9. The Morgan fingerprint density at radius 3 is 2.36 bits per heavy atom. The van der Waals surface area contributed by atoms with Crippen molar-refractivity contribution in [1.29, 1.82) is 0 Å². The number of nitrogens with one attached hydrogen (secondary N) is 2. The second-order valence-corrected chi connectivity index (χ2v) is 8.71. The monoisotopic (exact) mass is 503 g/mol. The lowest BCUT2D eigenvalue weighted by atomic mass is 10.1. The van der Waals surface area contributed by atoms with Crippen LogP contribution < -0.4 is 10.6 Å². The second kappa shape index (κ2) is 8.58. The van der Waals surface area contributed by atoms with Gasteiger partial charge in [0.05, 0.1) is 0 Å². The number of halogens is 5. The zero-order valence-corrected chi connectivity index (χ0v) is 18.5. The van der Waals surface area contributed by atoms with Gasteiger partial charge in [0.2, 0.25) is 23.6 Å². The summed E-state index contributed by atoms with van der Waals surface area (Å²) in [5.74, 6) is -3.69. The first-order valence-electron chi connectivity index (χ1n) is 11.0. The smallest absolute Gasteiger partial charge is 0.351 e. The van der Waals surface area contributed by atoms with Crippen LogP contribution in [0.5, 0.6) is 0 Å². The highest BCUT2D eigenvalue weighted by Gasteiger charge is 2.54. The lowest BCUT2D eigenvalue weighted by Crippen LogP contribution is -2.21. The molecule has 2 aliphatic carbocycles. The van der Waals surface area contributed by atoms with Gasteiger partial charge >= 0.3 is 6.18 Å². The Labute approximate surface area is 201 Å². The quantitative estimate of drug-likeness (QED) is 0.358. The average Bonchev–Trinajstić information content (AvgIpc) is 3.56. The Kier molecular flexibility index (Phi) is 5.65. The number of aromatic nitrogens is 6. The third kappa shape index (κ3) is 5.00. The zero-order chi connectivity index (χ0) is 25.6. The van der Waals surface area contributed by atoms with Gasteiger partial charge in [-0.3, -0.25) is 4.98 Å². The van der Waals surface area contributed by atoms with Gasteiger partial charge in [-0.05, 0) is 24.6 Å². The van der Waals surface area contributed by atoms with E-state index < -0.39 is 41.6 Å². The highest BCUT2D eigenvalue weighted by atomic mass is 19.4. The van der Waals surface area contributed by atoms with E-state index in [2.05, 4.69) is 45.4 Å². The highest BCUT2D eigenvalue weighted by Crippen LogP contribution is 2.49. The molecule has 0 radical (unpaired) electrons. The molecule has 14 heteroatoms. The summed E-state index contributed by atoms with van der Waals surface area (Å²) in [5.41, 5.74) is -0.784. The van der Waals surface area contributed by atoms with Gasteiger partial charge in [-0.25, -0.2) is 25.3 Å². The van der Waals surface area contributed by atoms with E-state index in [4.69, 9.17) is 6.57 Å². The van der Waals surface area contributed by atoms with Crippen LogP contribution in [0.25, 0.3) is 16.5 Å². The van der Waals surface area contributed by atoms with Crippen molar-refractivity contribution in [2.75, 3.05) is 10.6 Å². The van der Waals surface area contributed by atoms with Gasteiger partial charge in [0.15, 0.2) is 5.82 Å². The van der Waals surface area contributed by atoms with E-state index in [0.29, 0.717) is 30.3 Å². The van der Waals surface area contributed by atoms with Gasteiger partial charge in [-0.1, -0.05) is 0 Å². The molecule has 2 N–H and O–H groups in total. The Morgan fingerprint density at radius 1 is 0.944 bits per heavy atom. The van der Waals surface area contributed by atoms with Crippen LogP contribution in [0.15, 0.2) is 30.6 Å². The summed E-state index contributed by atoms with van der Waals surface area (Å²) < 4.78 is 66.9. The Balaban J connectivity index is 1.49. The molecule has 2 fully saturated rings. The van der Waals surface area contributed by atoms with Crippen molar-refractivity contribution in [3.63, 3.8) is 0 Å². The summed E-state index contributed by atoms with van der Waals surface area (Å²) in [5, 5.41) is 5.75. The Bertz CT molecular complexity index is 1330. The van der Waals surface area contributed by atoms with Crippen LogP contribution >= 0.6 is 0 Å². The van der Waals surface area contributed by atoms with Crippen LogP contribution in [0.4, 0.5) is 39.5 Å². The maximum atomic E-state index is 13.7. The van der Waals surface area contributed by atoms with Crippen molar-refractivity contribution in [3.05, 3.63) is 53.4 Å². The molecule has 1 atom stereocenters. The molecule has 0 spiro atoms. The topological polar surface area (TPSA) is 106 Å². The van der Waals surface area contributed by atoms with Crippen molar-refractivity contribution in [2.45, 2.75) is 55.8 Å². The standard InChI is InChI=1S/C22H18F5N9/c1-28-20(6-7-20)15-10-12(3-8-29-15)31-18-34-17(16-30-9-4-14(33-16)22(25,26)27)35-19(36-18)32-13-2-5-21(23,24)11-13/h3-4,8-10,13H,2,5-7,11H2,(H2,29,31,32,34,35,36)/t13-/m0/s1. The minimum atomic E-state index is -4.71. The van der Waals surface area contributed by atoms with Gasteiger partial charge in [0, 0.05) is 49.8 Å². The molecule has 0 bridgehead atoms. The number of hydrogen-bond donors (Lipinski definition) is 2. The normalized spacial score (nSPS) is 19.9. The van der Waals surface area contributed by atoms with Crippen molar-refractivity contribution >= 4 is 17.6 Å². The average molecular weight is 503 g/mol. The van der Waals surface area contributed by atoms with Crippen molar-refractivity contribution in [1.82, 2.24) is 29.9 Å². The summed E-state index contributed by atoms with van der Waals surface area (Å²) in [6.45, 7) is 7.42. The van der Waals surface area contributed by atoms with E-state index in [1.54, 1.807) is 12.1 Å². The van der Waals surface area contributed by atoms with Crippen molar-refractivity contribution < 1.29 is 22.0 Å². The van der Waals surface area contributed by atoms with Gasteiger partial charge < -0.3 is 15.5 Å². The number of rotatable bonds is 6. The fraction of sp³-hybridized carbons (Fsp3) is 0.409. The SMILES string of the molecule is [C-]#[N+]C1(c2cc(Nc3nc(N[C@H]4CCC(F)(F)C4)nc(-c4nccc(C(F)(F)F)n4)n3)ccn2)CC1. The van der Waals surface area contributed by atoms with Crippen LogP contribution in [0, 0.1) is 6.57 Å². The molecule has 5 rings (SSSR count). The maximum absolute atomic E-state index is 13.7. The third-order valence-corrected chi connectivity index (χ3v) is 5.95. The summed E-state index contributed by atoms with van der Waals surface area (Å²) >= 11 is 0. The lowest BCUT2D eigenvalue weighted by molar-refractivity contribution is -0.141. The summed E-state index contributed by atoms with van der Waals surface area (Å²) in [6.07, 6.45) is -1.44. The van der Waals surface area contributed by atoms with Crippen molar-refractivity contribution in [2.24, 2.45) is 0 Å². The number of anilines is 3. The van der Waals surface area contributed by atoms with Crippen LogP contribution in [-0.4, -0.2) is 41.9 Å². The molecule has 0 aromatic carbocycles. The molecule has 9 nitrogen and oxygen atoms in total. The number of alkyl halides is 5. The first-order valence-corrected chi connectivity index (χ1v) is 11.0. The zero-order valence-electron chi connectivity index (χ0n) is 18.5. The summed E-state index contributed by atoms with van der Waals surface area (Å²) in [6, 6.07) is 3.36.